The van der Waals surface area contributed by atoms with Crippen LogP contribution in [0.25, 0.3) is 0 Å². The van der Waals surface area contributed by atoms with Gasteiger partial charge in [-0.1, -0.05) is 24.6 Å². The van der Waals surface area contributed by atoms with Crippen LogP contribution >= 0.6 is 11.6 Å². The van der Waals surface area contributed by atoms with Crippen molar-refractivity contribution < 1.29 is 9.90 Å². The van der Waals surface area contributed by atoms with E-state index in [1.165, 1.54) is 6.07 Å². The summed E-state index contributed by atoms with van der Waals surface area (Å²) in [4.78, 5) is 10.6. The minimum Gasteiger partial charge on any atom is -0.478 e. The lowest BCUT2D eigenvalue weighted by molar-refractivity contribution is 0.0697. The predicted octanol–water partition coefficient (Wildman–Crippen LogP) is 2.15. The van der Waals surface area contributed by atoms with Crippen LogP contribution in [0.5, 0.6) is 0 Å². The summed E-state index contributed by atoms with van der Waals surface area (Å²) in [5.41, 5.74) is 1.13. The highest BCUT2D eigenvalue weighted by Gasteiger charge is 2.06. The highest BCUT2D eigenvalue weighted by atomic mass is 35.5. The van der Waals surface area contributed by atoms with E-state index in [9.17, 15) is 4.79 Å². The quantitative estimate of drug-likeness (QED) is 0.806. The SMILES string of the molecule is CCNCc1ccc(C(=O)O)cc1Cl. The summed E-state index contributed by atoms with van der Waals surface area (Å²) >= 11 is 5.91. The van der Waals surface area contributed by atoms with E-state index in [0.29, 0.717) is 11.6 Å². The van der Waals surface area contributed by atoms with Gasteiger partial charge in [-0.15, -0.1) is 0 Å². The van der Waals surface area contributed by atoms with Gasteiger partial charge in [-0.3, -0.25) is 0 Å². The predicted molar refractivity (Wildman–Crippen MR) is 55.8 cm³/mol. The van der Waals surface area contributed by atoms with Crippen molar-refractivity contribution in [3.63, 3.8) is 0 Å². The van der Waals surface area contributed by atoms with Gasteiger partial charge in [0, 0.05) is 11.6 Å². The Morgan fingerprint density at radius 3 is 2.79 bits per heavy atom. The number of aromatic carboxylic acids is 1. The van der Waals surface area contributed by atoms with Gasteiger partial charge in [0.1, 0.15) is 0 Å². The molecule has 0 radical (unpaired) electrons. The molecule has 0 heterocycles. The Morgan fingerprint density at radius 1 is 1.57 bits per heavy atom. The third-order valence-electron chi connectivity index (χ3n) is 1.87. The molecule has 0 atom stereocenters. The lowest BCUT2D eigenvalue weighted by atomic mass is 10.1. The molecular formula is C10H12ClNO2. The molecular weight excluding hydrogens is 202 g/mol. The number of carbonyl (C=O) groups is 1. The first-order valence-corrected chi connectivity index (χ1v) is 4.75. The fraction of sp³-hybridized carbons (Fsp3) is 0.300. The molecule has 2 N–H and O–H groups in total. The number of hydrogen-bond donors (Lipinski definition) is 2. The Bertz CT molecular complexity index is 339. The zero-order valence-electron chi connectivity index (χ0n) is 7.88. The van der Waals surface area contributed by atoms with Gasteiger partial charge in [-0.05, 0) is 24.2 Å². The summed E-state index contributed by atoms with van der Waals surface area (Å²) in [6, 6.07) is 4.76. The van der Waals surface area contributed by atoms with Gasteiger partial charge < -0.3 is 10.4 Å². The smallest absolute Gasteiger partial charge is 0.335 e. The molecule has 1 aromatic carbocycles. The Hall–Kier alpha value is -1.06. The first-order valence-electron chi connectivity index (χ1n) is 4.37. The van der Waals surface area contributed by atoms with E-state index in [4.69, 9.17) is 16.7 Å². The molecule has 0 bridgehead atoms. The number of nitrogens with one attached hydrogen (secondary N) is 1. The largest absolute Gasteiger partial charge is 0.478 e. The maximum Gasteiger partial charge on any atom is 0.335 e. The van der Waals surface area contributed by atoms with Gasteiger partial charge in [0.2, 0.25) is 0 Å². The Balaban J connectivity index is 2.84. The summed E-state index contributed by atoms with van der Waals surface area (Å²) in [7, 11) is 0. The van der Waals surface area contributed by atoms with Crippen LogP contribution in [0, 0.1) is 0 Å². The van der Waals surface area contributed by atoms with Gasteiger partial charge in [0.15, 0.2) is 0 Å². The number of carboxylic acid groups (broad SMARTS) is 1. The van der Waals surface area contributed by atoms with Crippen molar-refractivity contribution in [1.82, 2.24) is 5.32 Å². The Labute approximate surface area is 87.7 Å². The van der Waals surface area contributed by atoms with Crippen LogP contribution in [0.1, 0.15) is 22.8 Å². The average molecular weight is 214 g/mol. The molecule has 0 amide bonds. The molecule has 0 unspecified atom stereocenters. The Morgan fingerprint density at radius 2 is 2.29 bits per heavy atom. The summed E-state index contributed by atoms with van der Waals surface area (Å²) in [5.74, 6) is -0.957. The zero-order valence-corrected chi connectivity index (χ0v) is 8.64. The standard InChI is InChI=1S/C10H12ClNO2/c1-2-12-6-8-4-3-7(10(13)14)5-9(8)11/h3-5,12H,2,6H2,1H3,(H,13,14). The molecule has 4 heteroatoms. The Kier molecular flexibility index (Phi) is 3.92. The van der Waals surface area contributed by atoms with Crippen LogP contribution < -0.4 is 5.32 Å². The van der Waals surface area contributed by atoms with Crippen LogP contribution in [0.4, 0.5) is 0 Å². The number of benzene rings is 1. The second kappa shape index (κ2) is 4.98. The first kappa shape index (κ1) is 11.0. The van der Waals surface area contributed by atoms with E-state index < -0.39 is 5.97 Å². The topological polar surface area (TPSA) is 49.3 Å². The van der Waals surface area contributed by atoms with Crippen molar-refractivity contribution in [1.29, 1.82) is 0 Å². The molecule has 0 aliphatic carbocycles. The maximum atomic E-state index is 10.6. The number of hydrogen-bond acceptors (Lipinski definition) is 2. The molecule has 14 heavy (non-hydrogen) atoms. The second-order valence-electron chi connectivity index (χ2n) is 2.89. The second-order valence-corrected chi connectivity index (χ2v) is 3.30. The molecule has 1 rings (SSSR count). The fourth-order valence-electron chi connectivity index (χ4n) is 1.08. The maximum absolute atomic E-state index is 10.6. The minimum absolute atomic E-state index is 0.218. The average Bonchev–Trinajstić information content (AvgIpc) is 2.15. The molecule has 0 saturated carbocycles. The van der Waals surface area contributed by atoms with Crippen LogP contribution in [-0.4, -0.2) is 17.6 Å². The first-order chi connectivity index (χ1) is 6.65. The van der Waals surface area contributed by atoms with Crippen molar-refractivity contribution in [2.75, 3.05) is 6.54 Å². The van der Waals surface area contributed by atoms with Crippen molar-refractivity contribution in [3.05, 3.63) is 34.3 Å². The molecule has 0 spiro atoms. The molecule has 0 aromatic heterocycles. The third-order valence-corrected chi connectivity index (χ3v) is 2.22. The van der Waals surface area contributed by atoms with Crippen LogP contribution in [-0.2, 0) is 6.54 Å². The van der Waals surface area contributed by atoms with Gasteiger partial charge in [-0.2, -0.15) is 0 Å². The molecule has 0 aliphatic heterocycles. The van der Waals surface area contributed by atoms with Crippen molar-refractivity contribution >= 4 is 17.6 Å². The van der Waals surface area contributed by atoms with E-state index in [2.05, 4.69) is 5.32 Å². The number of carboxylic acids is 1. The van der Waals surface area contributed by atoms with Gasteiger partial charge in [0.05, 0.1) is 5.56 Å². The zero-order chi connectivity index (χ0) is 10.6. The summed E-state index contributed by atoms with van der Waals surface area (Å²) in [5, 5.41) is 12.3. The van der Waals surface area contributed by atoms with Crippen LogP contribution in [0.3, 0.4) is 0 Å². The number of rotatable bonds is 4. The van der Waals surface area contributed by atoms with E-state index >= 15 is 0 Å². The lowest BCUT2D eigenvalue weighted by Crippen LogP contribution is -2.12. The minimum atomic E-state index is -0.957. The monoisotopic (exact) mass is 213 g/mol. The molecule has 76 valence electrons. The van der Waals surface area contributed by atoms with Crippen molar-refractivity contribution in [2.45, 2.75) is 13.5 Å². The van der Waals surface area contributed by atoms with Crippen LogP contribution in [0.15, 0.2) is 18.2 Å². The van der Waals surface area contributed by atoms with E-state index in [1.54, 1.807) is 12.1 Å². The van der Waals surface area contributed by atoms with Crippen molar-refractivity contribution in [3.8, 4) is 0 Å². The number of halogens is 1. The molecule has 0 aliphatic rings. The summed E-state index contributed by atoms with van der Waals surface area (Å²) in [6.07, 6.45) is 0. The molecule has 1 aromatic rings. The molecule has 0 saturated heterocycles. The summed E-state index contributed by atoms with van der Waals surface area (Å²) < 4.78 is 0. The lowest BCUT2D eigenvalue weighted by Gasteiger charge is -2.05. The molecule has 0 fully saturated rings. The normalized spacial score (nSPS) is 10.1. The highest BCUT2D eigenvalue weighted by molar-refractivity contribution is 6.31. The van der Waals surface area contributed by atoms with Crippen LogP contribution in [0.2, 0.25) is 5.02 Å². The third kappa shape index (κ3) is 2.72. The van der Waals surface area contributed by atoms with E-state index in [1.807, 2.05) is 6.92 Å². The van der Waals surface area contributed by atoms with Crippen molar-refractivity contribution in [2.24, 2.45) is 0 Å². The highest BCUT2D eigenvalue weighted by Crippen LogP contribution is 2.17. The molecule has 3 nitrogen and oxygen atoms in total. The van der Waals surface area contributed by atoms with Gasteiger partial charge in [0.25, 0.3) is 0 Å². The van der Waals surface area contributed by atoms with Gasteiger partial charge >= 0.3 is 5.97 Å². The van der Waals surface area contributed by atoms with Gasteiger partial charge in [-0.25, -0.2) is 4.79 Å². The summed E-state index contributed by atoms with van der Waals surface area (Å²) in [6.45, 7) is 3.52. The fourth-order valence-corrected chi connectivity index (χ4v) is 1.33. The van der Waals surface area contributed by atoms with E-state index in [-0.39, 0.29) is 5.56 Å². The van der Waals surface area contributed by atoms with E-state index in [0.717, 1.165) is 12.1 Å².